The fraction of sp³-hybridized carbons (Fsp3) is 0.176. The minimum Gasteiger partial charge on any atom is -0.329 e. The molecule has 2 aromatic carbocycles. The van der Waals surface area contributed by atoms with E-state index in [2.05, 4.69) is 11.2 Å². The summed E-state index contributed by atoms with van der Waals surface area (Å²) in [6.45, 7) is 1.63. The Morgan fingerprint density at radius 3 is 2.67 bits per heavy atom. The number of ether oxygens (including phenoxy) is 1. The highest BCUT2D eigenvalue weighted by atomic mass is 16.5. The van der Waals surface area contributed by atoms with Gasteiger partial charge in [-0.1, -0.05) is 36.3 Å². The summed E-state index contributed by atoms with van der Waals surface area (Å²) in [7, 11) is 0. The highest BCUT2D eigenvalue weighted by molar-refractivity contribution is 5.98. The van der Waals surface area contributed by atoms with Crippen LogP contribution in [0.3, 0.4) is 0 Å². The number of carbonyl (C=O) groups is 1. The normalized spacial score (nSPS) is 12.9. The van der Waals surface area contributed by atoms with Crippen molar-refractivity contribution in [3.05, 3.63) is 48.0 Å². The van der Waals surface area contributed by atoms with Crippen molar-refractivity contribution in [2.45, 2.75) is 19.3 Å². The lowest BCUT2D eigenvalue weighted by atomic mass is 10.1. The lowest BCUT2D eigenvalue weighted by molar-refractivity contribution is 0.0377. The topological polar surface area (TPSA) is 62.1 Å². The van der Waals surface area contributed by atoms with E-state index in [0.29, 0.717) is 5.56 Å². The molecule has 0 aliphatic carbocycles. The number of fused-ring (bicyclic) bond motifs is 1. The molecule has 0 radical (unpaired) electrons. The van der Waals surface area contributed by atoms with E-state index in [1.807, 2.05) is 36.4 Å². The lowest BCUT2D eigenvalue weighted by Crippen LogP contribution is -2.37. The molecule has 2 atom stereocenters. The predicted octanol–water partition coefficient (Wildman–Crippen LogP) is 2.46. The fourth-order valence-corrected chi connectivity index (χ4v) is 1.87. The van der Waals surface area contributed by atoms with E-state index >= 15 is 0 Å². The van der Waals surface area contributed by atoms with Crippen LogP contribution in [-0.4, -0.2) is 18.2 Å². The number of benzene rings is 2. The van der Waals surface area contributed by atoms with Crippen LogP contribution in [0.1, 0.15) is 17.3 Å². The van der Waals surface area contributed by atoms with Gasteiger partial charge in [0.25, 0.3) is 5.91 Å². The molecule has 0 aliphatic rings. The van der Waals surface area contributed by atoms with Crippen LogP contribution in [0.2, 0.25) is 0 Å². The lowest BCUT2D eigenvalue weighted by Gasteiger charge is -2.14. The molecular formula is C17H14N2O2. The van der Waals surface area contributed by atoms with E-state index in [1.54, 1.807) is 19.1 Å². The molecule has 2 unspecified atom stereocenters. The molecule has 0 heterocycles. The summed E-state index contributed by atoms with van der Waals surface area (Å²) in [6, 6.07) is 14.9. The first-order chi connectivity index (χ1) is 10.1. The van der Waals surface area contributed by atoms with Gasteiger partial charge in [-0.2, -0.15) is 5.26 Å². The molecule has 21 heavy (non-hydrogen) atoms. The first-order valence-electron chi connectivity index (χ1n) is 6.45. The van der Waals surface area contributed by atoms with Gasteiger partial charge in [0.1, 0.15) is 12.2 Å². The van der Waals surface area contributed by atoms with Gasteiger partial charge in [0, 0.05) is 5.56 Å². The number of nitrogens with one attached hydrogen (secondary N) is 1. The van der Waals surface area contributed by atoms with Crippen molar-refractivity contribution in [1.29, 1.82) is 5.26 Å². The molecule has 0 aliphatic heterocycles. The van der Waals surface area contributed by atoms with E-state index in [-0.39, 0.29) is 5.91 Å². The molecule has 1 amide bonds. The maximum absolute atomic E-state index is 12.1. The summed E-state index contributed by atoms with van der Waals surface area (Å²) in [5.41, 5.74) is 0.464. The maximum atomic E-state index is 12.1. The SMILES string of the molecule is C#CC(C)OC(C#N)NC(=O)c1ccc2ccccc2c1. The third-order valence-electron chi connectivity index (χ3n) is 2.97. The third kappa shape index (κ3) is 3.60. The average Bonchev–Trinajstić information content (AvgIpc) is 2.53. The molecule has 104 valence electrons. The van der Waals surface area contributed by atoms with Crippen LogP contribution in [0.5, 0.6) is 0 Å². The Morgan fingerprint density at radius 2 is 2.00 bits per heavy atom. The van der Waals surface area contributed by atoms with Crippen LogP contribution in [-0.2, 0) is 4.74 Å². The third-order valence-corrected chi connectivity index (χ3v) is 2.97. The summed E-state index contributed by atoms with van der Waals surface area (Å²) in [5, 5.41) is 13.5. The van der Waals surface area contributed by atoms with E-state index in [4.69, 9.17) is 16.4 Å². The molecule has 0 aromatic heterocycles. The van der Waals surface area contributed by atoms with E-state index in [9.17, 15) is 4.79 Å². The van der Waals surface area contributed by atoms with Crippen LogP contribution in [0.4, 0.5) is 0 Å². The van der Waals surface area contributed by atoms with Gasteiger partial charge in [-0.15, -0.1) is 6.42 Å². The van der Waals surface area contributed by atoms with Crippen molar-refractivity contribution in [2.75, 3.05) is 0 Å². The summed E-state index contributed by atoms with van der Waals surface area (Å²) in [4.78, 5) is 12.1. The van der Waals surface area contributed by atoms with Gasteiger partial charge in [0.05, 0.1) is 0 Å². The van der Waals surface area contributed by atoms with E-state index in [0.717, 1.165) is 10.8 Å². The minimum absolute atomic E-state index is 0.378. The van der Waals surface area contributed by atoms with Gasteiger partial charge in [0.15, 0.2) is 0 Å². The molecule has 0 saturated heterocycles. The van der Waals surface area contributed by atoms with Gasteiger partial charge < -0.3 is 10.1 Å². The van der Waals surface area contributed by atoms with Crippen LogP contribution in [0.15, 0.2) is 42.5 Å². The molecule has 4 nitrogen and oxygen atoms in total. The van der Waals surface area contributed by atoms with Gasteiger partial charge in [-0.05, 0) is 29.8 Å². The molecule has 1 N–H and O–H groups in total. The van der Waals surface area contributed by atoms with Crippen LogP contribution < -0.4 is 5.32 Å². The number of carbonyl (C=O) groups excluding carboxylic acids is 1. The number of terminal acetylenes is 1. The second-order valence-electron chi connectivity index (χ2n) is 4.49. The highest BCUT2D eigenvalue weighted by Crippen LogP contribution is 2.15. The number of hydrogen-bond acceptors (Lipinski definition) is 3. The molecule has 0 saturated carbocycles. The Morgan fingerprint density at radius 1 is 1.29 bits per heavy atom. The van der Waals surface area contributed by atoms with Gasteiger partial charge >= 0.3 is 0 Å². The van der Waals surface area contributed by atoms with Gasteiger partial charge in [0.2, 0.25) is 6.23 Å². The van der Waals surface area contributed by atoms with Crippen molar-refractivity contribution in [2.24, 2.45) is 0 Å². The quantitative estimate of drug-likeness (QED) is 0.690. The van der Waals surface area contributed by atoms with Crippen molar-refractivity contribution >= 4 is 16.7 Å². The molecular weight excluding hydrogens is 264 g/mol. The number of hydrogen-bond donors (Lipinski definition) is 1. The van der Waals surface area contributed by atoms with E-state index < -0.39 is 12.3 Å². The second kappa shape index (κ2) is 6.56. The molecule has 2 rings (SSSR count). The first-order valence-corrected chi connectivity index (χ1v) is 6.45. The smallest absolute Gasteiger partial charge is 0.254 e. The fourth-order valence-electron chi connectivity index (χ4n) is 1.87. The Hall–Kier alpha value is -2.82. The molecule has 4 heteroatoms. The Labute approximate surface area is 123 Å². The zero-order valence-corrected chi connectivity index (χ0v) is 11.5. The monoisotopic (exact) mass is 278 g/mol. The molecule has 0 fully saturated rings. The van der Waals surface area contributed by atoms with Crippen molar-refractivity contribution < 1.29 is 9.53 Å². The Kier molecular flexibility index (Phi) is 4.56. The van der Waals surface area contributed by atoms with Crippen LogP contribution >= 0.6 is 0 Å². The van der Waals surface area contributed by atoms with Crippen molar-refractivity contribution in [3.8, 4) is 18.4 Å². The van der Waals surface area contributed by atoms with Gasteiger partial charge in [-0.3, -0.25) is 4.79 Å². The second-order valence-corrected chi connectivity index (χ2v) is 4.49. The Bertz CT molecular complexity index is 740. The number of amides is 1. The molecule has 2 aromatic rings. The summed E-state index contributed by atoms with van der Waals surface area (Å²) >= 11 is 0. The minimum atomic E-state index is -1.07. The number of nitriles is 1. The maximum Gasteiger partial charge on any atom is 0.254 e. The van der Waals surface area contributed by atoms with Crippen LogP contribution in [0.25, 0.3) is 10.8 Å². The van der Waals surface area contributed by atoms with Crippen molar-refractivity contribution in [3.63, 3.8) is 0 Å². The summed E-state index contributed by atoms with van der Waals surface area (Å²) in [6.07, 6.45) is 3.56. The largest absolute Gasteiger partial charge is 0.329 e. The Balaban J connectivity index is 2.14. The van der Waals surface area contributed by atoms with Crippen LogP contribution in [0, 0.1) is 23.7 Å². The molecule has 0 bridgehead atoms. The summed E-state index contributed by atoms with van der Waals surface area (Å²) in [5.74, 6) is 1.96. The van der Waals surface area contributed by atoms with Crippen molar-refractivity contribution in [1.82, 2.24) is 5.32 Å². The number of rotatable bonds is 4. The standard InChI is InChI=1S/C17H14N2O2/c1-3-12(2)21-16(11-18)19-17(20)15-9-8-13-6-4-5-7-14(13)10-15/h1,4-10,12,16H,2H3,(H,19,20). The molecule has 0 spiro atoms. The highest BCUT2D eigenvalue weighted by Gasteiger charge is 2.15. The number of nitrogens with zero attached hydrogens (tertiary/aromatic N) is 1. The summed E-state index contributed by atoms with van der Waals surface area (Å²) < 4.78 is 5.20. The zero-order chi connectivity index (χ0) is 15.2. The van der Waals surface area contributed by atoms with Gasteiger partial charge in [-0.25, -0.2) is 0 Å². The first kappa shape index (κ1) is 14.6. The average molecular weight is 278 g/mol. The zero-order valence-electron chi connectivity index (χ0n) is 11.5. The van der Waals surface area contributed by atoms with E-state index in [1.165, 1.54) is 0 Å². The predicted molar refractivity (Wildman–Crippen MR) is 80.2 cm³/mol.